The quantitative estimate of drug-likeness (QED) is 0.829. The highest BCUT2D eigenvalue weighted by atomic mass is 16.3. The fourth-order valence-corrected chi connectivity index (χ4v) is 3.47. The Morgan fingerprint density at radius 3 is 2.80 bits per heavy atom. The number of carbonyl (C=O) groups excluding carboxylic acids is 1. The zero-order valence-corrected chi connectivity index (χ0v) is 14.9. The molecule has 0 radical (unpaired) electrons. The van der Waals surface area contributed by atoms with Gasteiger partial charge in [0.2, 0.25) is 0 Å². The number of oxazole rings is 1. The van der Waals surface area contributed by atoms with E-state index in [1.165, 1.54) is 6.39 Å². The van der Waals surface area contributed by atoms with E-state index in [2.05, 4.69) is 28.8 Å². The molecule has 4 heterocycles. The molecule has 2 aromatic rings. The molecule has 2 aromatic heterocycles. The van der Waals surface area contributed by atoms with Crippen LogP contribution in [0.5, 0.6) is 0 Å². The molecular weight excluding hydrogens is 320 g/mol. The number of hydrogen-bond donors (Lipinski definition) is 0. The molecule has 2 fully saturated rings. The molecule has 0 unspecified atom stereocenters. The van der Waals surface area contributed by atoms with Gasteiger partial charge in [0, 0.05) is 51.9 Å². The van der Waals surface area contributed by atoms with E-state index in [-0.39, 0.29) is 6.03 Å². The molecule has 134 valence electrons. The third-order valence-electron chi connectivity index (χ3n) is 5.00. The van der Waals surface area contributed by atoms with Gasteiger partial charge in [-0.1, -0.05) is 13.8 Å². The Kier molecular flexibility index (Phi) is 3.99. The van der Waals surface area contributed by atoms with E-state index in [0.29, 0.717) is 12.0 Å². The second-order valence-corrected chi connectivity index (χ2v) is 7.20. The Morgan fingerprint density at radius 1 is 1.32 bits per heavy atom. The van der Waals surface area contributed by atoms with Crippen LogP contribution in [0.3, 0.4) is 0 Å². The minimum Gasteiger partial charge on any atom is -0.448 e. The van der Waals surface area contributed by atoms with Gasteiger partial charge in [-0.05, 0) is 0 Å². The number of hydrogen-bond acceptors (Lipinski definition) is 5. The van der Waals surface area contributed by atoms with Gasteiger partial charge in [0.25, 0.3) is 0 Å². The summed E-state index contributed by atoms with van der Waals surface area (Å²) >= 11 is 0. The first-order valence-corrected chi connectivity index (χ1v) is 8.74. The van der Waals surface area contributed by atoms with Crippen LogP contribution in [0.15, 0.2) is 23.2 Å². The number of urea groups is 1. The zero-order chi connectivity index (χ0) is 17.6. The summed E-state index contributed by atoms with van der Waals surface area (Å²) in [7, 11) is 1.83. The summed E-state index contributed by atoms with van der Waals surface area (Å²) < 4.78 is 7.47. The van der Waals surface area contributed by atoms with Crippen LogP contribution < -0.4 is 4.90 Å². The largest absolute Gasteiger partial charge is 0.448 e. The Hall–Kier alpha value is -2.35. The summed E-state index contributed by atoms with van der Waals surface area (Å²) in [4.78, 5) is 22.3. The van der Waals surface area contributed by atoms with Crippen LogP contribution in [0.2, 0.25) is 0 Å². The smallest absolute Gasteiger partial charge is 0.324 e. The molecule has 0 saturated carbocycles. The maximum absolute atomic E-state index is 12.1. The van der Waals surface area contributed by atoms with Crippen molar-refractivity contribution in [3.8, 4) is 0 Å². The van der Waals surface area contributed by atoms with E-state index >= 15 is 0 Å². The predicted molar refractivity (Wildman–Crippen MR) is 92.5 cm³/mol. The minimum atomic E-state index is 0.0435. The van der Waals surface area contributed by atoms with Crippen LogP contribution >= 0.6 is 0 Å². The number of anilines is 1. The SMILES string of the molecule is CC(C)c1ocnc1CN1CC(n2cc(N3CCN(C)C3=O)cn2)C1. The van der Waals surface area contributed by atoms with Gasteiger partial charge in [-0.25, -0.2) is 9.78 Å². The lowest BCUT2D eigenvalue weighted by Crippen LogP contribution is -2.47. The average Bonchev–Trinajstić information content (AvgIpc) is 3.24. The molecule has 8 nitrogen and oxygen atoms in total. The van der Waals surface area contributed by atoms with Crippen molar-refractivity contribution in [1.82, 2.24) is 24.6 Å². The summed E-state index contributed by atoms with van der Waals surface area (Å²) in [6.07, 6.45) is 5.30. The van der Waals surface area contributed by atoms with Crippen LogP contribution in [-0.4, -0.2) is 63.8 Å². The number of likely N-dealkylation sites (N-methyl/N-ethyl adjacent to an activating group) is 1. The molecule has 0 aliphatic carbocycles. The van der Waals surface area contributed by atoms with Crippen molar-refractivity contribution >= 4 is 11.7 Å². The van der Waals surface area contributed by atoms with Crippen molar-refractivity contribution < 1.29 is 9.21 Å². The highest BCUT2D eigenvalue weighted by molar-refractivity contribution is 5.93. The number of nitrogens with zero attached hydrogens (tertiary/aromatic N) is 6. The molecule has 0 N–H and O–H groups in total. The molecule has 0 aromatic carbocycles. The van der Waals surface area contributed by atoms with Crippen LogP contribution in [0.1, 0.15) is 37.3 Å². The molecule has 2 amide bonds. The molecular formula is C17H24N6O2. The van der Waals surface area contributed by atoms with Gasteiger partial charge < -0.3 is 9.32 Å². The van der Waals surface area contributed by atoms with Crippen molar-refractivity contribution in [2.45, 2.75) is 32.4 Å². The lowest BCUT2D eigenvalue weighted by atomic mass is 10.1. The molecule has 0 spiro atoms. The van der Waals surface area contributed by atoms with Gasteiger partial charge in [0.05, 0.1) is 23.6 Å². The summed E-state index contributed by atoms with van der Waals surface area (Å²) in [6.45, 7) is 8.39. The molecule has 2 saturated heterocycles. The van der Waals surface area contributed by atoms with Gasteiger partial charge in [-0.15, -0.1) is 0 Å². The van der Waals surface area contributed by atoms with E-state index in [1.54, 1.807) is 16.0 Å². The highest BCUT2D eigenvalue weighted by Gasteiger charge is 2.32. The van der Waals surface area contributed by atoms with Crippen molar-refractivity contribution in [2.75, 3.05) is 38.1 Å². The van der Waals surface area contributed by atoms with Gasteiger partial charge >= 0.3 is 6.03 Å². The van der Waals surface area contributed by atoms with Gasteiger partial charge in [0.1, 0.15) is 5.76 Å². The molecule has 0 bridgehead atoms. The maximum Gasteiger partial charge on any atom is 0.324 e. The van der Waals surface area contributed by atoms with E-state index in [1.807, 2.05) is 17.9 Å². The van der Waals surface area contributed by atoms with Crippen LogP contribution in [0, 0.1) is 0 Å². The van der Waals surface area contributed by atoms with Gasteiger partial charge in [-0.2, -0.15) is 5.10 Å². The Morgan fingerprint density at radius 2 is 2.12 bits per heavy atom. The molecule has 4 rings (SSSR count). The van der Waals surface area contributed by atoms with Gasteiger partial charge in [0.15, 0.2) is 6.39 Å². The lowest BCUT2D eigenvalue weighted by Gasteiger charge is -2.38. The number of carbonyl (C=O) groups is 1. The fraction of sp³-hybridized carbons (Fsp3) is 0.588. The molecule has 2 aliphatic rings. The topological polar surface area (TPSA) is 70.6 Å². The van der Waals surface area contributed by atoms with Crippen LogP contribution in [-0.2, 0) is 6.54 Å². The van der Waals surface area contributed by atoms with Crippen molar-refractivity contribution in [1.29, 1.82) is 0 Å². The Bertz CT molecular complexity index is 761. The third-order valence-corrected chi connectivity index (χ3v) is 5.00. The summed E-state index contributed by atoms with van der Waals surface area (Å²) in [5, 5.41) is 4.46. The molecule has 2 aliphatic heterocycles. The van der Waals surface area contributed by atoms with Crippen LogP contribution in [0.25, 0.3) is 0 Å². The third kappa shape index (κ3) is 2.90. The summed E-state index contributed by atoms with van der Waals surface area (Å²) in [5.74, 6) is 1.32. The van der Waals surface area contributed by atoms with Crippen LogP contribution in [0.4, 0.5) is 10.5 Å². The van der Waals surface area contributed by atoms with Crippen molar-refractivity contribution in [3.05, 3.63) is 30.2 Å². The van der Waals surface area contributed by atoms with E-state index in [9.17, 15) is 4.79 Å². The average molecular weight is 344 g/mol. The zero-order valence-electron chi connectivity index (χ0n) is 14.9. The predicted octanol–water partition coefficient (Wildman–Crippen LogP) is 1.92. The molecule has 8 heteroatoms. The fourth-order valence-electron chi connectivity index (χ4n) is 3.47. The second kappa shape index (κ2) is 6.18. The first-order chi connectivity index (χ1) is 12.0. The monoisotopic (exact) mass is 344 g/mol. The first-order valence-electron chi connectivity index (χ1n) is 8.74. The number of likely N-dealkylation sites (tertiary alicyclic amines) is 1. The van der Waals surface area contributed by atoms with E-state index < -0.39 is 0 Å². The lowest BCUT2D eigenvalue weighted by molar-refractivity contribution is 0.0890. The minimum absolute atomic E-state index is 0.0435. The summed E-state index contributed by atoms with van der Waals surface area (Å²) in [5.41, 5.74) is 1.91. The second-order valence-electron chi connectivity index (χ2n) is 7.20. The van der Waals surface area contributed by atoms with Crippen molar-refractivity contribution in [3.63, 3.8) is 0 Å². The molecule has 0 atom stereocenters. The standard InChI is InChI=1S/C17H24N6O2/c1-12(2)16-15(18-11-25-16)10-21-7-14(8-21)23-9-13(6-19-23)22-5-4-20(3)17(22)24/h6,9,11-12,14H,4-5,7-8,10H2,1-3H3. The maximum atomic E-state index is 12.1. The Balaban J connectivity index is 1.35. The van der Waals surface area contributed by atoms with Gasteiger partial charge in [-0.3, -0.25) is 14.5 Å². The number of aromatic nitrogens is 3. The molecule has 25 heavy (non-hydrogen) atoms. The Labute approximate surface area is 147 Å². The summed E-state index contributed by atoms with van der Waals surface area (Å²) in [6, 6.07) is 0.389. The van der Waals surface area contributed by atoms with E-state index in [0.717, 1.165) is 49.9 Å². The number of rotatable bonds is 5. The number of amides is 2. The normalized spacial score (nSPS) is 19.3. The van der Waals surface area contributed by atoms with Crippen molar-refractivity contribution in [2.24, 2.45) is 0 Å². The van der Waals surface area contributed by atoms with E-state index in [4.69, 9.17) is 4.42 Å². The first kappa shape index (κ1) is 16.1. The highest BCUT2D eigenvalue weighted by Crippen LogP contribution is 2.27.